The highest BCUT2D eigenvalue weighted by molar-refractivity contribution is 9.10. The second-order valence-corrected chi connectivity index (χ2v) is 5.52. The fraction of sp³-hybridized carbons (Fsp3) is 0. The lowest BCUT2D eigenvalue weighted by Crippen LogP contribution is -2.13. The van der Waals surface area contributed by atoms with Crippen molar-refractivity contribution >= 4 is 50.2 Å². The summed E-state index contributed by atoms with van der Waals surface area (Å²) >= 11 is 9.36. The predicted molar refractivity (Wildman–Crippen MR) is 83.2 cm³/mol. The molecule has 0 radical (unpaired) electrons. The van der Waals surface area contributed by atoms with Gasteiger partial charge in [-0.05, 0) is 30.3 Å². The molecule has 6 heteroatoms. The first kappa shape index (κ1) is 13.1. The van der Waals surface area contributed by atoms with Crippen LogP contribution in [-0.2, 0) is 0 Å². The number of amides is 1. The molecule has 2 N–H and O–H groups in total. The van der Waals surface area contributed by atoms with Gasteiger partial charge in [-0.15, -0.1) is 0 Å². The van der Waals surface area contributed by atoms with E-state index in [1.165, 1.54) is 0 Å². The van der Waals surface area contributed by atoms with E-state index in [0.717, 1.165) is 15.4 Å². The topological polar surface area (TPSA) is 57.8 Å². The number of para-hydroxylation sites is 1. The monoisotopic (exact) mass is 349 g/mol. The van der Waals surface area contributed by atoms with Crippen molar-refractivity contribution in [3.8, 4) is 0 Å². The van der Waals surface area contributed by atoms with E-state index >= 15 is 0 Å². The molecule has 2 aromatic carbocycles. The van der Waals surface area contributed by atoms with Gasteiger partial charge in [0.15, 0.2) is 5.82 Å². The molecule has 20 heavy (non-hydrogen) atoms. The number of hydrogen-bond acceptors (Lipinski definition) is 2. The van der Waals surface area contributed by atoms with Crippen molar-refractivity contribution < 1.29 is 4.79 Å². The molecule has 1 amide bonds. The molecule has 0 saturated heterocycles. The maximum Gasteiger partial charge on any atom is 0.258 e. The van der Waals surface area contributed by atoms with Crippen LogP contribution in [0.15, 0.2) is 46.9 Å². The van der Waals surface area contributed by atoms with Crippen molar-refractivity contribution in [3.63, 3.8) is 0 Å². The summed E-state index contributed by atoms with van der Waals surface area (Å²) < 4.78 is 0.791. The molecule has 0 fully saturated rings. The summed E-state index contributed by atoms with van der Waals surface area (Å²) in [5, 5.41) is 11.0. The summed E-state index contributed by atoms with van der Waals surface area (Å²) in [4.78, 5) is 12.3. The maximum atomic E-state index is 12.3. The quantitative estimate of drug-likeness (QED) is 0.726. The van der Waals surface area contributed by atoms with E-state index in [0.29, 0.717) is 16.4 Å². The Hall–Kier alpha value is -1.85. The van der Waals surface area contributed by atoms with E-state index < -0.39 is 0 Å². The average molecular weight is 351 g/mol. The van der Waals surface area contributed by atoms with Crippen LogP contribution in [-0.4, -0.2) is 16.1 Å². The van der Waals surface area contributed by atoms with Gasteiger partial charge in [0.05, 0.1) is 16.1 Å². The normalized spacial score (nSPS) is 10.7. The molecule has 0 aliphatic carbocycles. The van der Waals surface area contributed by atoms with E-state index in [2.05, 4.69) is 31.4 Å². The summed E-state index contributed by atoms with van der Waals surface area (Å²) in [6.45, 7) is 0. The SMILES string of the molecule is O=C(Nc1n[nH]c2ccccc12)c1cc(Br)ccc1Cl. The largest absolute Gasteiger partial charge is 0.305 e. The minimum absolute atomic E-state index is 0.298. The number of hydrogen-bond donors (Lipinski definition) is 2. The Labute approximate surface area is 128 Å². The van der Waals surface area contributed by atoms with Crippen LogP contribution in [0.4, 0.5) is 5.82 Å². The molecule has 3 aromatic rings. The molecule has 100 valence electrons. The Morgan fingerprint density at radius 1 is 1.25 bits per heavy atom. The van der Waals surface area contributed by atoms with Crippen LogP contribution >= 0.6 is 27.5 Å². The predicted octanol–water partition coefficient (Wildman–Crippen LogP) is 4.23. The lowest BCUT2D eigenvalue weighted by molar-refractivity contribution is 0.102. The highest BCUT2D eigenvalue weighted by Crippen LogP contribution is 2.24. The summed E-state index contributed by atoms with van der Waals surface area (Å²) in [6, 6.07) is 12.7. The number of rotatable bonds is 2. The summed E-state index contributed by atoms with van der Waals surface area (Å²) in [6.07, 6.45) is 0. The van der Waals surface area contributed by atoms with Crippen molar-refractivity contribution in [1.29, 1.82) is 0 Å². The molecule has 0 saturated carbocycles. The zero-order chi connectivity index (χ0) is 14.1. The fourth-order valence-corrected chi connectivity index (χ4v) is 2.47. The number of nitrogens with one attached hydrogen (secondary N) is 2. The Kier molecular flexibility index (Phi) is 3.46. The fourth-order valence-electron chi connectivity index (χ4n) is 1.91. The van der Waals surface area contributed by atoms with Crippen molar-refractivity contribution in [3.05, 3.63) is 57.5 Å². The molecule has 0 spiro atoms. The van der Waals surface area contributed by atoms with E-state index in [9.17, 15) is 4.79 Å². The standard InChI is InChI=1S/C14H9BrClN3O/c15-8-5-6-11(16)10(7-8)14(20)17-13-9-3-1-2-4-12(9)18-19-13/h1-7H,(H2,17,18,19,20). The van der Waals surface area contributed by atoms with Crippen molar-refractivity contribution in [2.24, 2.45) is 0 Å². The molecule has 0 aliphatic heterocycles. The van der Waals surface area contributed by atoms with Crippen LogP contribution in [0.3, 0.4) is 0 Å². The molecular formula is C14H9BrClN3O. The van der Waals surface area contributed by atoms with Crippen molar-refractivity contribution in [2.45, 2.75) is 0 Å². The zero-order valence-corrected chi connectivity index (χ0v) is 12.5. The first-order valence-corrected chi connectivity index (χ1v) is 7.02. The Balaban J connectivity index is 1.94. The molecule has 3 rings (SSSR count). The van der Waals surface area contributed by atoms with E-state index in [1.54, 1.807) is 18.2 Å². The molecule has 0 atom stereocenters. The number of fused-ring (bicyclic) bond motifs is 1. The third kappa shape index (κ3) is 2.42. The van der Waals surface area contributed by atoms with Gasteiger partial charge in [0.25, 0.3) is 5.91 Å². The minimum atomic E-state index is -0.298. The van der Waals surface area contributed by atoms with Gasteiger partial charge in [-0.3, -0.25) is 9.89 Å². The van der Waals surface area contributed by atoms with E-state index in [1.807, 2.05) is 24.3 Å². The zero-order valence-electron chi connectivity index (χ0n) is 10.2. The van der Waals surface area contributed by atoms with Gasteiger partial charge in [-0.1, -0.05) is 39.7 Å². The molecule has 0 aliphatic rings. The highest BCUT2D eigenvalue weighted by Gasteiger charge is 2.14. The molecule has 0 unspecified atom stereocenters. The first-order chi connectivity index (χ1) is 9.65. The second-order valence-electron chi connectivity index (χ2n) is 4.20. The van der Waals surface area contributed by atoms with Gasteiger partial charge in [0, 0.05) is 9.86 Å². The molecule has 0 bridgehead atoms. The molecule has 1 aromatic heterocycles. The summed E-state index contributed by atoms with van der Waals surface area (Å²) in [5.74, 6) is 0.190. The first-order valence-electron chi connectivity index (χ1n) is 5.84. The van der Waals surface area contributed by atoms with Crippen molar-refractivity contribution in [2.75, 3.05) is 5.32 Å². The van der Waals surface area contributed by atoms with E-state index in [-0.39, 0.29) is 5.91 Å². The Morgan fingerprint density at radius 2 is 2.05 bits per heavy atom. The third-order valence-electron chi connectivity index (χ3n) is 2.88. The summed E-state index contributed by atoms with van der Waals surface area (Å²) in [5.41, 5.74) is 1.26. The molecule has 4 nitrogen and oxygen atoms in total. The molecular weight excluding hydrogens is 342 g/mol. The minimum Gasteiger partial charge on any atom is -0.305 e. The number of aromatic amines is 1. The van der Waals surface area contributed by atoms with Crippen LogP contribution in [0.2, 0.25) is 5.02 Å². The molecule has 1 heterocycles. The lowest BCUT2D eigenvalue weighted by atomic mass is 10.2. The van der Waals surface area contributed by atoms with Crippen LogP contribution in [0, 0.1) is 0 Å². The van der Waals surface area contributed by atoms with Crippen LogP contribution in [0.25, 0.3) is 10.9 Å². The highest BCUT2D eigenvalue weighted by atomic mass is 79.9. The van der Waals surface area contributed by atoms with E-state index in [4.69, 9.17) is 11.6 Å². The number of halogens is 2. The van der Waals surface area contributed by atoms with Gasteiger partial charge < -0.3 is 5.32 Å². The lowest BCUT2D eigenvalue weighted by Gasteiger charge is -2.05. The number of benzene rings is 2. The average Bonchev–Trinajstić information content (AvgIpc) is 2.85. The van der Waals surface area contributed by atoms with Gasteiger partial charge >= 0.3 is 0 Å². The number of anilines is 1. The van der Waals surface area contributed by atoms with Crippen LogP contribution in [0.1, 0.15) is 10.4 Å². The van der Waals surface area contributed by atoms with Gasteiger partial charge in [0.1, 0.15) is 0 Å². The van der Waals surface area contributed by atoms with Crippen molar-refractivity contribution in [1.82, 2.24) is 10.2 Å². The Morgan fingerprint density at radius 3 is 2.90 bits per heavy atom. The van der Waals surface area contributed by atoms with Gasteiger partial charge in [-0.25, -0.2) is 0 Å². The third-order valence-corrected chi connectivity index (χ3v) is 3.70. The van der Waals surface area contributed by atoms with Crippen LogP contribution < -0.4 is 5.32 Å². The number of nitrogens with zero attached hydrogens (tertiary/aromatic N) is 1. The van der Waals surface area contributed by atoms with Gasteiger partial charge in [0.2, 0.25) is 0 Å². The Bertz CT molecular complexity index is 800. The van der Waals surface area contributed by atoms with Gasteiger partial charge in [-0.2, -0.15) is 5.10 Å². The number of H-pyrrole nitrogens is 1. The summed E-state index contributed by atoms with van der Waals surface area (Å²) in [7, 11) is 0. The maximum absolute atomic E-state index is 12.3. The number of aromatic nitrogens is 2. The number of carbonyl (C=O) groups is 1. The number of carbonyl (C=O) groups excluding carboxylic acids is 1. The smallest absolute Gasteiger partial charge is 0.258 e. The second kappa shape index (κ2) is 5.26. The van der Waals surface area contributed by atoms with Crippen LogP contribution in [0.5, 0.6) is 0 Å².